The van der Waals surface area contributed by atoms with E-state index >= 15 is 0 Å². The first-order valence-electron chi connectivity index (χ1n) is 12.8. The van der Waals surface area contributed by atoms with Crippen LogP contribution in [0.15, 0.2) is 69.9 Å². The van der Waals surface area contributed by atoms with E-state index < -0.39 is 11.4 Å². The number of aryl methyl sites for hydroxylation is 2. The second-order valence-electron chi connectivity index (χ2n) is 10.1. The standard InChI is InChI=1S/C31H27ClN2O5/c1-18-15-22-25(16-19(18)2)39-28-26(27(22)35)31(34(29(28)36)13-6-14-38-3)23-7-4-5-8-24(23)33(30(31)37)17-20-9-11-21(32)12-10-20/h4-5,7-12,15-16H,6,13-14,17H2,1-3H3. The fourth-order valence-corrected chi connectivity index (χ4v) is 5.97. The molecule has 0 radical (unpaired) electrons. The zero-order chi connectivity index (χ0) is 27.5. The van der Waals surface area contributed by atoms with Gasteiger partial charge in [0.1, 0.15) is 5.58 Å². The average Bonchev–Trinajstić information content (AvgIpc) is 3.31. The molecule has 7 nitrogen and oxygen atoms in total. The number of rotatable bonds is 6. The van der Waals surface area contributed by atoms with Crippen LogP contribution in [0.3, 0.4) is 0 Å². The van der Waals surface area contributed by atoms with E-state index in [1.807, 2.05) is 50.2 Å². The number of anilines is 1. The molecule has 1 spiro atoms. The summed E-state index contributed by atoms with van der Waals surface area (Å²) in [6.45, 7) is 4.69. The molecule has 1 atom stereocenters. The van der Waals surface area contributed by atoms with Crippen molar-refractivity contribution >= 4 is 40.1 Å². The molecule has 0 saturated heterocycles. The number of ether oxygens (including phenoxy) is 1. The first-order valence-corrected chi connectivity index (χ1v) is 13.2. The molecule has 1 unspecified atom stereocenters. The molecule has 39 heavy (non-hydrogen) atoms. The molecule has 3 aromatic carbocycles. The Hall–Kier alpha value is -3.94. The molecule has 3 heterocycles. The van der Waals surface area contributed by atoms with Gasteiger partial charge in [-0.1, -0.05) is 41.9 Å². The summed E-state index contributed by atoms with van der Waals surface area (Å²) in [6.07, 6.45) is 0.483. The van der Waals surface area contributed by atoms with Gasteiger partial charge in [0.15, 0.2) is 11.0 Å². The van der Waals surface area contributed by atoms with Gasteiger partial charge in [-0.15, -0.1) is 0 Å². The maximum absolute atomic E-state index is 14.7. The van der Waals surface area contributed by atoms with Gasteiger partial charge in [-0.05, 0) is 67.3 Å². The first kappa shape index (κ1) is 25.3. The van der Waals surface area contributed by atoms with Crippen molar-refractivity contribution in [3.8, 4) is 0 Å². The van der Waals surface area contributed by atoms with E-state index in [1.165, 1.54) is 4.90 Å². The Labute approximate surface area is 230 Å². The highest BCUT2D eigenvalue weighted by atomic mass is 35.5. The van der Waals surface area contributed by atoms with E-state index in [0.717, 1.165) is 16.7 Å². The Bertz CT molecular complexity index is 1710. The van der Waals surface area contributed by atoms with Crippen molar-refractivity contribution in [1.29, 1.82) is 0 Å². The second-order valence-corrected chi connectivity index (χ2v) is 10.6. The number of methoxy groups -OCH3 is 1. The maximum Gasteiger partial charge on any atom is 0.291 e. The van der Waals surface area contributed by atoms with Crippen LogP contribution in [0.4, 0.5) is 5.69 Å². The van der Waals surface area contributed by atoms with E-state index in [1.54, 1.807) is 36.3 Å². The lowest BCUT2D eigenvalue weighted by molar-refractivity contribution is -0.126. The molecule has 6 rings (SSSR count). The number of hydrogen-bond acceptors (Lipinski definition) is 5. The zero-order valence-electron chi connectivity index (χ0n) is 21.9. The van der Waals surface area contributed by atoms with Gasteiger partial charge in [-0.2, -0.15) is 0 Å². The van der Waals surface area contributed by atoms with Crippen LogP contribution in [0.25, 0.3) is 11.0 Å². The molecule has 198 valence electrons. The first-order chi connectivity index (χ1) is 18.8. The molecule has 2 amide bonds. The Balaban J connectivity index is 1.62. The lowest BCUT2D eigenvalue weighted by atomic mass is 9.83. The van der Waals surface area contributed by atoms with Crippen LogP contribution in [0.5, 0.6) is 0 Å². The van der Waals surface area contributed by atoms with Crippen LogP contribution in [-0.2, 0) is 21.6 Å². The Kier molecular flexibility index (Phi) is 6.08. The summed E-state index contributed by atoms with van der Waals surface area (Å²) in [7, 11) is 1.59. The molecular weight excluding hydrogens is 516 g/mol. The van der Waals surface area contributed by atoms with Gasteiger partial charge in [-0.25, -0.2) is 0 Å². The summed E-state index contributed by atoms with van der Waals surface area (Å²) in [6, 6.07) is 18.2. The number of para-hydroxylation sites is 1. The van der Waals surface area contributed by atoms with Gasteiger partial charge in [0.25, 0.3) is 11.8 Å². The summed E-state index contributed by atoms with van der Waals surface area (Å²) in [5.41, 5.74) is 2.37. The van der Waals surface area contributed by atoms with Crippen molar-refractivity contribution in [2.75, 3.05) is 25.2 Å². The van der Waals surface area contributed by atoms with Gasteiger partial charge in [-0.3, -0.25) is 14.4 Å². The summed E-state index contributed by atoms with van der Waals surface area (Å²) in [5, 5.41) is 0.946. The minimum atomic E-state index is -1.64. The second kappa shape index (κ2) is 9.36. The Morgan fingerprint density at radius 2 is 1.69 bits per heavy atom. The third-order valence-electron chi connectivity index (χ3n) is 7.84. The highest BCUT2D eigenvalue weighted by Gasteiger charge is 2.64. The average molecular weight is 543 g/mol. The van der Waals surface area contributed by atoms with Crippen LogP contribution in [0.2, 0.25) is 5.02 Å². The van der Waals surface area contributed by atoms with Crippen molar-refractivity contribution in [3.05, 3.63) is 109 Å². The molecule has 0 bridgehead atoms. The maximum atomic E-state index is 14.7. The van der Waals surface area contributed by atoms with E-state index in [9.17, 15) is 14.4 Å². The van der Waals surface area contributed by atoms with Crippen LogP contribution < -0.4 is 10.3 Å². The number of carbonyl (C=O) groups is 2. The summed E-state index contributed by atoms with van der Waals surface area (Å²) >= 11 is 6.09. The van der Waals surface area contributed by atoms with Crippen LogP contribution in [-0.4, -0.2) is 37.0 Å². The van der Waals surface area contributed by atoms with E-state index in [2.05, 4.69) is 0 Å². The normalized spacial score (nSPS) is 17.9. The van der Waals surface area contributed by atoms with Gasteiger partial charge in [0, 0.05) is 30.8 Å². The van der Waals surface area contributed by atoms with Crippen molar-refractivity contribution in [2.24, 2.45) is 0 Å². The molecule has 8 heteroatoms. The SMILES string of the molecule is COCCCN1C(=O)c2oc3cc(C)c(C)cc3c(=O)c2C12C(=O)N(Cc1ccc(Cl)cc1)c1ccccc12. The number of benzene rings is 3. The Morgan fingerprint density at radius 3 is 2.44 bits per heavy atom. The molecule has 2 aliphatic heterocycles. The third kappa shape index (κ3) is 3.64. The lowest BCUT2D eigenvalue weighted by Crippen LogP contribution is -2.53. The number of amides is 2. The summed E-state index contributed by atoms with van der Waals surface area (Å²) < 4.78 is 11.4. The van der Waals surface area contributed by atoms with E-state index in [-0.39, 0.29) is 35.7 Å². The zero-order valence-corrected chi connectivity index (χ0v) is 22.7. The number of fused-ring (bicyclic) bond motifs is 5. The predicted octanol–water partition coefficient (Wildman–Crippen LogP) is 5.35. The van der Waals surface area contributed by atoms with Crippen LogP contribution in [0.1, 0.15) is 44.8 Å². The highest BCUT2D eigenvalue weighted by Crippen LogP contribution is 2.53. The van der Waals surface area contributed by atoms with Crippen molar-refractivity contribution < 1.29 is 18.7 Å². The number of carbonyl (C=O) groups excluding carboxylic acids is 2. The fourth-order valence-electron chi connectivity index (χ4n) is 5.84. The Morgan fingerprint density at radius 1 is 0.974 bits per heavy atom. The molecule has 2 aliphatic rings. The molecule has 1 aromatic heterocycles. The highest BCUT2D eigenvalue weighted by molar-refractivity contribution is 6.30. The topological polar surface area (TPSA) is 80.1 Å². The van der Waals surface area contributed by atoms with Crippen molar-refractivity contribution in [3.63, 3.8) is 0 Å². The van der Waals surface area contributed by atoms with Gasteiger partial charge in [0.2, 0.25) is 5.76 Å². The lowest BCUT2D eigenvalue weighted by Gasteiger charge is -2.34. The van der Waals surface area contributed by atoms with Crippen molar-refractivity contribution in [2.45, 2.75) is 32.4 Å². The van der Waals surface area contributed by atoms with E-state index in [0.29, 0.717) is 40.3 Å². The van der Waals surface area contributed by atoms with Crippen LogP contribution >= 0.6 is 11.6 Å². The quantitative estimate of drug-likeness (QED) is 0.307. The smallest absolute Gasteiger partial charge is 0.291 e. The van der Waals surface area contributed by atoms with Crippen LogP contribution in [0, 0.1) is 13.8 Å². The fraction of sp³-hybridized carbons (Fsp3) is 0.258. The van der Waals surface area contributed by atoms with Gasteiger partial charge >= 0.3 is 0 Å². The summed E-state index contributed by atoms with van der Waals surface area (Å²) in [4.78, 5) is 46.2. The van der Waals surface area contributed by atoms with E-state index in [4.69, 9.17) is 20.8 Å². The van der Waals surface area contributed by atoms with Crippen molar-refractivity contribution in [1.82, 2.24) is 4.90 Å². The molecule has 0 N–H and O–H groups in total. The number of halogens is 1. The monoisotopic (exact) mass is 542 g/mol. The predicted molar refractivity (Wildman–Crippen MR) is 149 cm³/mol. The van der Waals surface area contributed by atoms with Gasteiger partial charge in [0.05, 0.1) is 23.2 Å². The molecule has 0 aliphatic carbocycles. The molecular formula is C31H27ClN2O5. The number of hydrogen-bond donors (Lipinski definition) is 0. The minimum Gasteiger partial charge on any atom is -0.450 e. The molecule has 4 aromatic rings. The molecule has 0 fully saturated rings. The minimum absolute atomic E-state index is 0.0790. The summed E-state index contributed by atoms with van der Waals surface area (Å²) in [5.74, 6) is -0.918. The largest absolute Gasteiger partial charge is 0.450 e. The molecule has 0 saturated carbocycles. The van der Waals surface area contributed by atoms with Gasteiger partial charge < -0.3 is 19.0 Å². The number of nitrogens with zero attached hydrogens (tertiary/aromatic N) is 2. The third-order valence-corrected chi connectivity index (χ3v) is 8.09.